The van der Waals surface area contributed by atoms with Crippen molar-refractivity contribution in [1.82, 2.24) is 19.1 Å². The van der Waals surface area contributed by atoms with Crippen molar-refractivity contribution in [2.24, 2.45) is 0 Å². The number of aryl methyl sites for hydroxylation is 2. The highest BCUT2D eigenvalue weighted by Crippen LogP contribution is 2.32. The predicted molar refractivity (Wildman–Crippen MR) is 82.2 cm³/mol. The van der Waals surface area contributed by atoms with Crippen LogP contribution in [0, 0.1) is 6.33 Å². The van der Waals surface area contributed by atoms with Crippen molar-refractivity contribution in [3.05, 3.63) is 48.3 Å². The lowest BCUT2D eigenvalue weighted by Gasteiger charge is -2.14. The van der Waals surface area contributed by atoms with E-state index in [-0.39, 0.29) is 0 Å². The Morgan fingerprint density at radius 3 is 3.24 bits per heavy atom. The van der Waals surface area contributed by atoms with Crippen LogP contribution < -0.4 is 0 Å². The van der Waals surface area contributed by atoms with Crippen LogP contribution >= 0.6 is 0 Å². The first kappa shape index (κ1) is 12.6. The van der Waals surface area contributed by atoms with E-state index in [0.717, 1.165) is 24.9 Å². The van der Waals surface area contributed by atoms with E-state index < -0.39 is 0 Å². The number of rotatable bonds is 4. The molecule has 0 saturated heterocycles. The van der Waals surface area contributed by atoms with E-state index in [1.165, 1.54) is 29.6 Å². The lowest BCUT2D eigenvalue weighted by atomic mass is 10.0. The molecule has 4 heteroatoms. The third kappa shape index (κ3) is 2.06. The van der Waals surface area contributed by atoms with Gasteiger partial charge in [-0.1, -0.05) is 19.4 Å². The van der Waals surface area contributed by atoms with Gasteiger partial charge in [0.05, 0.1) is 23.4 Å². The summed E-state index contributed by atoms with van der Waals surface area (Å²) in [4.78, 5) is 8.66. The highest BCUT2D eigenvalue weighted by Gasteiger charge is 2.23. The van der Waals surface area contributed by atoms with Crippen molar-refractivity contribution >= 4 is 11.0 Å². The third-order valence-electron chi connectivity index (χ3n) is 4.46. The Balaban J connectivity index is 1.73. The van der Waals surface area contributed by atoms with Crippen LogP contribution in [0.5, 0.6) is 0 Å². The minimum atomic E-state index is 0.418. The van der Waals surface area contributed by atoms with Gasteiger partial charge in [-0.3, -0.25) is 0 Å². The van der Waals surface area contributed by atoms with E-state index in [2.05, 4.69) is 50.6 Å². The number of fused-ring (bicyclic) bond motifs is 2. The molecule has 0 spiro atoms. The van der Waals surface area contributed by atoms with E-state index in [0.29, 0.717) is 6.04 Å². The quantitative estimate of drug-likeness (QED) is 0.734. The first-order valence-corrected chi connectivity index (χ1v) is 7.75. The van der Waals surface area contributed by atoms with Crippen LogP contribution in [0.2, 0.25) is 0 Å². The summed E-state index contributed by atoms with van der Waals surface area (Å²) < 4.78 is 4.46. The monoisotopic (exact) mass is 279 g/mol. The Bertz CT molecular complexity index is 768. The van der Waals surface area contributed by atoms with E-state index in [1.807, 2.05) is 12.5 Å². The SMILES string of the molecule is CCCCn1[c]nc2ccc([C@H]3CCc4cncn43)cc21. The van der Waals surface area contributed by atoms with Gasteiger partial charge < -0.3 is 9.13 Å². The lowest BCUT2D eigenvalue weighted by Crippen LogP contribution is -2.05. The van der Waals surface area contributed by atoms with Gasteiger partial charge in [-0.2, -0.15) is 0 Å². The predicted octanol–water partition coefficient (Wildman–Crippen LogP) is 3.37. The van der Waals surface area contributed by atoms with Crippen molar-refractivity contribution in [1.29, 1.82) is 0 Å². The van der Waals surface area contributed by atoms with Crippen molar-refractivity contribution in [2.45, 2.75) is 45.2 Å². The molecule has 1 atom stereocenters. The van der Waals surface area contributed by atoms with Gasteiger partial charge >= 0.3 is 0 Å². The number of unbranched alkanes of at least 4 members (excludes halogenated alkanes) is 1. The van der Waals surface area contributed by atoms with E-state index in [4.69, 9.17) is 0 Å². The first-order valence-electron chi connectivity index (χ1n) is 7.75. The number of imidazole rings is 2. The average Bonchev–Trinajstić information content (AvgIpc) is 3.19. The Hall–Kier alpha value is -2.10. The fourth-order valence-electron chi connectivity index (χ4n) is 3.27. The van der Waals surface area contributed by atoms with E-state index >= 15 is 0 Å². The second kappa shape index (κ2) is 5.02. The average molecular weight is 279 g/mol. The van der Waals surface area contributed by atoms with Crippen molar-refractivity contribution < 1.29 is 0 Å². The number of aromatic nitrogens is 4. The summed E-state index contributed by atoms with van der Waals surface area (Å²) in [7, 11) is 0. The van der Waals surface area contributed by atoms with Crippen molar-refractivity contribution in [3.8, 4) is 0 Å². The smallest absolute Gasteiger partial charge is 0.177 e. The molecule has 21 heavy (non-hydrogen) atoms. The molecule has 1 aromatic carbocycles. The lowest BCUT2D eigenvalue weighted by molar-refractivity contribution is 0.614. The molecule has 3 aromatic rings. The van der Waals surface area contributed by atoms with Crippen LogP contribution in [-0.4, -0.2) is 19.1 Å². The molecule has 2 aromatic heterocycles. The molecule has 0 aliphatic carbocycles. The minimum absolute atomic E-state index is 0.418. The van der Waals surface area contributed by atoms with Gasteiger partial charge in [-0.25, -0.2) is 9.97 Å². The van der Waals surface area contributed by atoms with Crippen LogP contribution in [-0.2, 0) is 13.0 Å². The van der Waals surface area contributed by atoms with Gasteiger partial charge in [0, 0.05) is 18.4 Å². The Morgan fingerprint density at radius 2 is 2.33 bits per heavy atom. The Morgan fingerprint density at radius 1 is 1.38 bits per heavy atom. The zero-order valence-corrected chi connectivity index (χ0v) is 12.3. The van der Waals surface area contributed by atoms with E-state index in [1.54, 1.807) is 0 Å². The fourth-order valence-corrected chi connectivity index (χ4v) is 3.27. The largest absolute Gasteiger partial charge is 0.327 e. The van der Waals surface area contributed by atoms with Gasteiger partial charge in [0.2, 0.25) is 0 Å². The molecule has 1 aliphatic rings. The van der Waals surface area contributed by atoms with Gasteiger partial charge in [0.25, 0.3) is 0 Å². The number of benzene rings is 1. The second-order valence-electron chi connectivity index (χ2n) is 5.81. The van der Waals surface area contributed by atoms with Gasteiger partial charge in [0.15, 0.2) is 6.33 Å². The molecular formula is C17H19N4. The molecule has 107 valence electrons. The summed E-state index contributed by atoms with van der Waals surface area (Å²) in [6, 6.07) is 7.03. The van der Waals surface area contributed by atoms with Gasteiger partial charge in [0.1, 0.15) is 0 Å². The molecular weight excluding hydrogens is 260 g/mol. The Kier molecular flexibility index (Phi) is 3.02. The van der Waals surface area contributed by atoms with Crippen LogP contribution in [0.3, 0.4) is 0 Å². The van der Waals surface area contributed by atoms with Crippen LogP contribution in [0.25, 0.3) is 11.0 Å². The number of hydrogen-bond acceptors (Lipinski definition) is 2. The standard InChI is InChI=1S/C17H19N4/c1-2-3-8-20-12-19-15-6-4-13(9-17(15)20)16-7-5-14-10-18-11-21(14)16/h4,6,9-11,16H,2-3,5,7-8H2,1H3/t16-/m1/s1. The first-order chi connectivity index (χ1) is 10.4. The summed E-state index contributed by atoms with van der Waals surface area (Å²) in [6.45, 7) is 3.21. The molecule has 0 amide bonds. The maximum absolute atomic E-state index is 4.39. The maximum Gasteiger partial charge on any atom is 0.177 e. The molecule has 0 unspecified atom stereocenters. The molecule has 0 saturated carbocycles. The molecule has 1 radical (unpaired) electrons. The van der Waals surface area contributed by atoms with Crippen LogP contribution in [0.4, 0.5) is 0 Å². The fraction of sp³-hybridized carbons (Fsp3) is 0.412. The second-order valence-corrected chi connectivity index (χ2v) is 5.81. The number of hydrogen-bond donors (Lipinski definition) is 0. The molecule has 1 aliphatic heterocycles. The topological polar surface area (TPSA) is 35.6 Å². The molecule has 0 fully saturated rings. The number of nitrogens with zero attached hydrogens (tertiary/aromatic N) is 4. The third-order valence-corrected chi connectivity index (χ3v) is 4.46. The minimum Gasteiger partial charge on any atom is -0.327 e. The van der Waals surface area contributed by atoms with Crippen molar-refractivity contribution in [3.63, 3.8) is 0 Å². The molecule has 0 N–H and O–H groups in total. The summed E-state index contributed by atoms with van der Waals surface area (Å²) in [5.41, 5.74) is 4.94. The zero-order valence-electron chi connectivity index (χ0n) is 12.3. The highest BCUT2D eigenvalue weighted by atomic mass is 15.1. The molecule has 4 rings (SSSR count). The summed E-state index contributed by atoms with van der Waals surface area (Å²) in [5, 5.41) is 0. The summed E-state index contributed by atoms with van der Waals surface area (Å²) >= 11 is 0. The van der Waals surface area contributed by atoms with Crippen LogP contribution in [0.1, 0.15) is 43.5 Å². The van der Waals surface area contributed by atoms with E-state index in [9.17, 15) is 0 Å². The summed E-state index contributed by atoms with van der Waals surface area (Å²) in [5.74, 6) is 0. The van der Waals surface area contributed by atoms with Crippen molar-refractivity contribution in [2.75, 3.05) is 0 Å². The summed E-state index contributed by atoms with van der Waals surface area (Å²) in [6.07, 6.45) is 11.7. The highest BCUT2D eigenvalue weighted by molar-refractivity contribution is 5.76. The van der Waals surface area contributed by atoms with Crippen LogP contribution in [0.15, 0.2) is 30.7 Å². The normalized spacial score (nSPS) is 17.5. The zero-order chi connectivity index (χ0) is 14.2. The Labute approximate surface area is 124 Å². The molecule has 0 bridgehead atoms. The molecule has 4 nitrogen and oxygen atoms in total. The molecule has 3 heterocycles. The van der Waals surface area contributed by atoms with Gasteiger partial charge in [-0.05, 0) is 37.0 Å². The van der Waals surface area contributed by atoms with Gasteiger partial charge in [-0.15, -0.1) is 0 Å². The maximum atomic E-state index is 4.39.